The van der Waals surface area contributed by atoms with Crippen LogP contribution in [0.3, 0.4) is 0 Å². The summed E-state index contributed by atoms with van der Waals surface area (Å²) < 4.78 is 29.4. The quantitative estimate of drug-likeness (QED) is 0.746. The van der Waals surface area contributed by atoms with Crippen LogP contribution in [0.4, 0.5) is 0 Å². The smallest absolute Gasteiger partial charge is 0.243 e. The van der Waals surface area contributed by atoms with Crippen LogP contribution in [0, 0.1) is 0 Å². The van der Waals surface area contributed by atoms with E-state index in [1.807, 2.05) is 38.5 Å². The Kier molecular flexibility index (Phi) is 6.33. The van der Waals surface area contributed by atoms with Crippen molar-refractivity contribution in [1.29, 1.82) is 0 Å². The maximum absolute atomic E-state index is 12.9. The van der Waals surface area contributed by atoms with E-state index in [1.165, 1.54) is 0 Å². The van der Waals surface area contributed by atoms with E-state index in [0.29, 0.717) is 36.3 Å². The number of rotatable bonds is 7. The molecule has 1 N–H and O–H groups in total. The van der Waals surface area contributed by atoms with Crippen LogP contribution < -0.4 is 5.32 Å². The number of piperidine rings is 1. The van der Waals surface area contributed by atoms with Gasteiger partial charge < -0.3 is 9.88 Å². The van der Waals surface area contributed by atoms with Gasteiger partial charge >= 0.3 is 0 Å². The molecule has 0 aliphatic carbocycles. The first-order valence-electron chi connectivity index (χ1n) is 10.4. The van der Waals surface area contributed by atoms with Crippen molar-refractivity contribution < 1.29 is 13.2 Å². The summed E-state index contributed by atoms with van der Waals surface area (Å²) >= 11 is 0. The van der Waals surface area contributed by atoms with E-state index in [4.69, 9.17) is 0 Å². The summed E-state index contributed by atoms with van der Waals surface area (Å²) in [5.74, 6) is 0.772. The van der Waals surface area contributed by atoms with Gasteiger partial charge in [-0.3, -0.25) is 4.79 Å². The summed E-state index contributed by atoms with van der Waals surface area (Å²) in [5.41, 5.74) is 1.29. The van der Waals surface area contributed by atoms with Crippen molar-refractivity contribution in [2.24, 2.45) is 7.05 Å². The van der Waals surface area contributed by atoms with Gasteiger partial charge in [0, 0.05) is 38.5 Å². The molecule has 0 saturated carbocycles. The van der Waals surface area contributed by atoms with Crippen LogP contribution in [0.1, 0.15) is 58.7 Å². The van der Waals surface area contributed by atoms with Gasteiger partial charge in [0.15, 0.2) is 0 Å². The number of aryl methyl sites for hydroxylation is 2. The Labute approximate surface area is 173 Å². The molecule has 0 bridgehead atoms. The number of hydrogen-bond donors (Lipinski definition) is 1. The number of sulfonamides is 1. The number of nitrogens with zero attached hydrogens (tertiary/aromatic N) is 3. The van der Waals surface area contributed by atoms with E-state index in [0.717, 1.165) is 37.0 Å². The molecular weight excluding hydrogens is 388 g/mol. The number of carbonyl (C=O) groups is 1. The standard InChI is InChI=1S/C21H32N4O3S/c1-5-21(2,3)23-20(26)12-11-19-22-17-15-16(9-10-18(17)24(19)4)29(27,28)25-13-7-6-8-14-25/h9-10,15H,5-8,11-14H2,1-4H3,(H,23,26). The van der Waals surface area contributed by atoms with E-state index in [9.17, 15) is 13.2 Å². The molecule has 0 spiro atoms. The number of fused-ring (bicyclic) bond motifs is 1. The van der Waals surface area contributed by atoms with Gasteiger partial charge in [0.1, 0.15) is 5.82 Å². The molecule has 0 radical (unpaired) electrons. The predicted octanol–water partition coefficient (Wildman–Crippen LogP) is 2.99. The van der Waals surface area contributed by atoms with E-state index >= 15 is 0 Å². The number of carbonyl (C=O) groups excluding carboxylic acids is 1. The van der Waals surface area contributed by atoms with Crippen molar-refractivity contribution in [3.8, 4) is 0 Å². The Balaban J connectivity index is 1.78. The molecule has 1 aliphatic rings. The highest BCUT2D eigenvalue weighted by atomic mass is 32.2. The fourth-order valence-corrected chi connectivity index (χ4v) is 5.16. The lowest BCUT2D eigenvalue weighted by Gasteiger charge is -2.25. The first-order chi connectivity index (χ1) is 13.6. The van der Waals surface area contributed by atoms with Crippen LogP contribution in [-0.2, 0) is 28.3 Å². The normalized spacial score (nSPS) is 16.3. The molecule has 3 rings (SSSR count). The molecule has 1 aromatic carbocycles. The third kappa shape index (κ3) is 4.80. The Bertz CT molecular complexity index is 989. The molecule has 8 heteroatoms. The molecule has 1 aromatic heterocycles. The summed E-state index contributed by atoms with van der Waals surface area (Å²) in [6, 6.07) is 5.13. The Hall–Kier alpha value is -1.93. The zero-order chi connectivity index (χ0) is 21.2. The summed E-state index contributed by atoms with van der Waals surface area (Å²) in [5, 5.41) is 3.03. The zero-order valence-corrected chi connectivity index (χ0v) is 18.7. The zero-order valence-electron chi connectivity index (χ0n) is 17.9. The molecular formula is C21H32N4O3S. The Morgan fingerprint density at radius 2 is 1.90 bits per heavy atom. The van der Waals surface area contributed by atoms with Crippen LogP contribution in [-0.4, -0.2) is 46.8 Å². The molecule has 0 unspecified atom stereocenters. The molecule has 160 valence electrons. The average Bonchev–Trinajstić information content (AvgIpc) is 3.02. The van der Waals surface area contributed by atoms with Crippen molar-refractivity contribution in [3.05, 3.63) is 24.0 Å². The lowest BCUT2D eigenvalue weighted by atomic mass is 10.0. The highest BCUT2D eigenvalue weighted by molar-refractivity contribution is 7.89. The first-order valence-corrected chi connectivity index (χ1v) is 11.8. The number of aromatic nitrogens is 2. The lowest BCUT2D eigenvalue weighted by molar-refractivity contribution is -0.122. The fourth-order valence-electron chi connectivity index (χ4n) is 3.62. The largest absolute Gasteiger partial charge is 0.351 e. The topological polar surface area (TPSA) is 84.3 Å². The average molecular weight is 421 g/mol. The molecule has 1 amide bonds. The maximum atomic E-state index is 12.9. The van der Waals surface area contributed by atoms with Gasteiger partial charge in [-0.1, -0.05) is 13.3 Å². The number of benzene rings is 1. The molecule has 1 fully saturated rings. The molecule has 2 heterocycles. The fraction of sp³-hybridized carbons (Fsp3) is 0.619. The van der Waals surface area contributed by atoms with Gasteiger partial charge in [-0.2, -0.15) is 4.31 Å². The third-order valence-electron chi connectivity index (χ3n) is 5.84. The summed E-state index contributed by atoms with van der Waals surface area (Å²) in [6.45, 7) is 7.21. The Morgan fingerprint density at radius 1 is 1.21 bits per heavy atom. The molecule has 1 aliphatic heterocycles. The van der Waals surface area contributed by atoms with Gasteiger partial charge in [-0.15, -0.1) is 0 Å². The highest BCUT2D eigenvalue weighted by Crippen LogP contribution is 2.25. The first kappa shape index (κ1) is 21.8. The second-order valence-electron chi connectivity index (χ2n) is 8.49. The number of amides is 1. The molecule has 1 saturated heterocycles. The summed E-state index contributed by atoms with van der Waals surface area (Å²) in [4.78, 5) is 17.2. The molecule has 0 atom stereocenters. The number of hydrogen-bond acceptors (Lipinski definition) is 4. The van der Waals surface area contributed by atoms with Crippen LogP contribution in [0.2, 0.25) is 0 Å². The van der Waals surface area contributed by atoms with Crippen molar-refractivity contribution >= 4 is 27.0 Å². The predicted molar refractivity (Wildman–Crippen MR) is 114 cm³/mol. The van der Waals surface area contributed by atoms with Gasteiger partial charge in [0.25, 0.3) is 0 Å². The maximum Gasteiger partial charge on any atom is 0.243 e. The minimum absolute atomic E-state index is 0.00253. The lowest BCUT2D eigenvalue weighted by Crippen LogP contribution is -2.42. The van der Waals surface area contributed by atoms with Gasteiger partial charge in [0.05, 0.1) is 15.9 Å². The van der Waals surface area contributed by atoms with Crippen LogP contribution in [0.25, 0.3) is 11.0 Å². The van der Waals surface area contributed by atoms with Crippen LogP contribution >= 0.6 is 0 Å². The summed E-state index contributed by atoms with van der Waals surface area (Å²) in [7, 11) is -1.59. The Morgan fingerprint density at radius 3 is 2.55 bits per heavy atom. The third-order valence-corrected chi connectivity index (χ3v) is 7.73. The number of nitrogens with one attached hydrogen (secondary N) is 1. The van der Waals surface area contributed by atoms with E-state index in [2.05, 4.69) is 10.3 Å². The van der Waals surface area contributed by atoms with Crippen LogP contribution in [0.5, 0.6) is 0 Å². The highest BCUT2D eigenvalue weighted by Gasteiger charge is 2.26. The number of imidazole rings is 1. The second-order valence-corrected chi connectivity index (χ2v) is 10.4. The molecule has 2 aromatic rings. The molecule has 7 nitrogen and oxygen atoms in total. The summed E-state index contributed by atoms with van der Waals surface area (Å²) in [6.07, 6.45) is 4.61. The van der Waals surface area contributed by atoms with Gasteiger partial charge in [-0.05, 0) is 51.3 Å². The SMILES string of the molecule is CCC(C)(C)NC(=O)CCc1nc2cc(S(=O)(=O)N3CCCCC3)ccc2n1C. The van der Waals surface area contributed by atoms with Gasteiger partial charge in [0.2, 0.25) is 15.9 Å². The molecule has 29 heavy (non-hydrogen) atoms. The van der Waals surface area contributed by atoms with Gasteiger partial charge in [-0.25, -0.2) is 13.4 Å². The van der Waals surface area contributed by atoms with E-state index < -0.39 is 10.0 Å². The monoisotopic (exact) mass is 420 g/mol. The van der Waals surface area contributed by atoms with Crippen molar-refractivity contribution in [1.82, 2.24) is 19.2 Å². The van der Waals surface area contributed by atoms with E-state index in [1.54, 1.807) is 16.4 Å². The van der Waals surface area contributed by atoms with Crippen molar-refractivity contribution in [3.63, 3.8) is 0 Å². The van der Waals surface area contributed by atoms with Crippen LogP contribution in [0.15, 0.2) is 23.1 Å². The second kappa shape index (κ2) is 8.44. The van der Waals surface area contributed by atoms with Crippen molar-refractivity contribution in [2.45, 2.75) is 69.7 Å². The van der Waals surface area contributed by atoms with E-state index in [-0.39, 0.29) is 11.4 Å². The minimum atomic E-state index is -3.49. The van der Waals surface area contributed by atoms with Crippen molar-refractivity contribution in [2.75, 3.05) is 13.1 Å². The minimum Gasteiger partial charge on any atom is -0.351 e.